The van der Waals surface area contributed by atoms with Gasteiger partial charge >= 0.3 is 0 Å². The number of carbonyl (C=O) groups excluding carboxylic acids is 2. The van der Waals surface area contributed by atoms with Crippen LogP contribution in [0.5, 0.6) is 0 Å². The summed E-state index contributed by atoms with van der Waals surface area (Å²) in [4.78, 5) is 27.3. The molecule has 1 aliphatic carbocycles. The third-order valence-corrected chi connectivity index (χ3v) is 5.47. The first-order valence-corrected chi connectivity index (χ1v) is 8.47. The standard InChI is InChI=1S/C16H19IN2O2/c1-3-12-14(20)18-16(2,10-8-9-10)15(21)19(12)13-7-5-4-6-11(13)17/h4-7,10,12H,3,8-9H2,1-2H3,(H,18,20). The summed E-state index contributed by atoms with van der Waals surface area (Å²) in [6, 6.07) is 7.34. The van der Waals surface area contributed by atoms with Gasteiger partial charge in [-0.1, -0.05) is 19.1 Å². The van der Waals surface area contributed by atoms with E-state index < -0.39 is 11.6 Å². The third-order valence-electron chi connectivity index (χ3n) is 4.55. The third kappa shape index (κ3) is 2.35. The minimum atomic E-state index is -0.748. The van der Waals surface area contributed by atoms with Gasteiger partial charge < -0.3 is 5.32 Å². The van der Waals surface area contributed by atoms with Gasteiger partial charge in [0.05, 0.1) is 5.69 Å². The molecule has 2 amide bonds. The Morgan fingerprint density at radius 2 is 2.00 bits per heavy atom. The fraction of sp³-hybridized carbons (Fsp3) is 0.500. The number of piperazine rings is 1. The molecule has 112 valence electrons. The molecule has 1 saturated carbocycles. The number of amides is 2. The van der Waals surface area contributed by atoms with Crippen LogP contribution in [0.3, 0.4) is 0 Å². The second-order valence-corrected chi connectivity index (χ2v) is 7.18. The highest BCUT2D eigenvalue weighted by Crippen LogP contribution is 2.43. The van der Waals surface area contributed by atoms with E-state index in [1.807, 2.05) is 38.1 Å². The van der Waals surface area contributed by atoms with E-state index in [-0.39, 0.29) is 17.7 Å². The summed E-state index contributed by atoms with van der Waals surface area (Å²) in [6.07, 6.45) is 2.64. The first-order chi connectivity index (χ1) is 9.99. The smallest absolute Gasteiger partial charge is 0.253 e. The van der Waals surface area contributed by atoms with Gasteiger partial charge in [0.15, 0.2) is 0 Å². The number of hydrogen-bond donors (Lipinski definition) is 1. The number of carbonyl (C=O) groups is 2. The fourth-order valence-electron chi connectivity index (χ4n) is 3.13. The van der Waals surface area contributed by atoms with Crippen molar-refractivity contribution in [3.8, 4) is 0 Å². The molecule has 0 aromatic heterocycles. The molecule has 1 saturated heterocycles. The van der Waals surface area contributed by atoms with Crippen molar-refractivity contribution in [2.45, 2.75) is 44.7 Å². The average Bonchev–Trinajstić information content (AvgIpc) is 3.28. The second kappa shape index (κ2) is 5.26. The summed E-state index contributed by atoms with van der Waals surface area (Å²) in [5, 5.41) is 2.99. The Kier molecular flexibility index (Phi) is 3.71. The second-order valence-electron chi connectivity index (χ2n) is 6.02. The molecule has 2 unspecified atom stereocenters. The van der Waals surface area contributed by atoms with Crippen LogP contribution in [0.25, 0.3) is 0 Å². The number of halogens is 1. The molecule has 2 fully saturated rings. The summed E-state index contributed by atoms with van der Waals surface area (Å²) in [7, 11) is 0. The predicted molar refractivity (Wildman–Crippen MR) is 90.0 cm³/mol. The number of benzene rings is 1. The molecule has 2 atom stereocenters. The van der Waals surface area contributed by atoms with Gasteiger partial charge in [-0.2, -0.15) is 0 Å². The quantitative estimate of drug-likeness (QED) is 0.797. The van der Waals surface area contributed by atoms with Gasteiger partial charge in [0.1, 0.15) is 11.6 Å². The van der Waals surface area contributed by atoms with Gasteiger partial charge in [-0.3, -0.25) is 14.5 Å². The van der Waals surface area contributed by atoms with Crippen LogP contribution >= 0.6 is 22.6 Å². The van der Waals surface area contributed by atoms with Crippen LogP contribution in [0.1, 0.15) is 33.1 Å². The number of nitrogens with zero attached hydrogens (tertiary/aromatic N) is 1. The molecule has 4 nitrogen and oxygen atoms in total. The number of hydrogen-bond acceptors (Lipinski definition) is 2. The van der Waals surface area contributed by atoms with Gasteiger partial charge in [0.25, 0.3) is 5.91 Å². The normalized spacial score (nSPS) is 29.5. The van der Waals surface area contributed by atoms with Gasteiger partial charge in [-0.25, -0.2) is 0 Å². The Balaban J connectivity index is 2.07. The zero-order valence-electron chi connectivity index (χ0n) is 12.2. The maximum Gasteiger partial charge on any atom is 0.253 e. The highest BCUT2D eigenvalue weighted by molar-refractivity contribution is 14.1. The summed E-state index contributed by atoms with van der Waals surface area (Å²) >= 11 is 2.23. The fourth-order valence-corrected chi connectivity index (χ4v) is 3.78. The van der Waals surface area contributed by atoms with Crippen LogP contribution in [0, 0.1) is 9.49 Å². The zero-order valence-corrected chi connectivity index (χ0v) is 14.4. The SMILES string of the molecule is CCC1C(=O)NC(C)(C2CC2)C(=O)N1c1ccccc1I. The molecule has 1 N–H and O–H groups in total. The van der Waals surface area contributed by atoms with Crippen molar-refractivity contribution < 1.29 is 9.59 Å². The molecule has 0 spiro atoms. The number of nitrogens with one attached hydrogen (secondary N) is 1. The van der Waals surface area contributed by atoms with E-state index >= 15 is 0 Å². The first-order valence-electron chi connectivity index (χ1n) is 7.39. The zero-order chi connectivity index (χ0) is 15.2. The summed E-state index contributed by atoms with van der Waals surface area (Å²) < 4.78 is 0.995. The number of anilines is 1. The molecule has 3 rings (SSSR count). The van der Waals surface area contributed by atoms with E-state index in [1.54, 1.807) is 4.90 Å². The Hall–Kier alpha value is -1.11. The van der Waals surface area contributed by atoms with Crippen LogP contribution in [-0.4, -0.2) is 23.4 Å². The van der Waals surface area contributed by atoms with Gasteiger partial charge in [0, 0.05) is 3.57 Å². The number of rotatable bonds is 3. The van der Waals surface area contributed by atoms with Crippen LogP contribution in [0.2, 0.25) is 0 Å². The monoisotopic (exact) mass is 398 g/mol. The topological polar surface area (TPSA) is 49.4 Å². The van der Waals surface area contributed by atoms with Crippen molar-refractivity contribution >= 4 is 40.1 Å². The van der Waals surface area contributed by atoms with E-state index in [4.69, 9.17) is 0 Å². The minimum Gasteiger partial charge on any atom is -0.340 e. The van der Waals surface area contributed by atoms with E-state index in [9.17, 15) is 9.59 Å². The largest absolute Gasteiger partial charge is 0.340 e. The maximum absolute atomic E-state index is 13.1. The lowest BCUT2D eigenvalue weighted by atomic mass is 9.88. The van der Waals surface area contributed by atoms with Gasteiger partial charge in [-0.05, 0) is 66.8 Å². The van der Waals surface area contributed by atoms with E-state index in [2.05, 4.69) is 27.9 Å². The highest BCUT2D eigenvalue weighted by Gasteiger charge is 2.55. The van der Waals surface area contributed by atoms with Gasteiger partial charge in [-0.15, -0.1) is 0 Å². The minimum absolute atomic E-state index is 0.0283. The van der Waals surface area contributed by atoms with E-state index in [0.717, 1.165) is 22.1 Å². The lowest BCUT2D eigenvalue weighted by molar-refractivity contribution is -0.138. The van der Waals surface area contributed by atoms with E-state index in [1.165, 1.54) is 0 Å². The number of para-hydroxylation sites is 1. The Bertz CT molecular complexity index is 600. The lowest BCUT2D eigenvalue weighted by Gasteiger charge is -2.44. The van der Waals surface area contributed by atoms with Crippen molar-refractivity contribution in [2.75, 3.05) is 4.90 Å². The molecule has 2 aliphatic rings. The molecule has 0 bridgehead atoms. The van der Waals surface area contributed by atoms with Gasteiger partial charge in [0.2, 0.25) is 5.91 Å². The van der Waals surface area contributed by atoms with Crippen molar-refractivity contribution in [3.63, 3.8) is 0 Å². The molecule has 1 aromatic rings. The molecular weight excluding hydrogens is 379 g/mol. The highest BCUT2D eigenvalue weighted by atomic mass is 127. The lowest BCUT2D eigenvalue weighted by Crippen LogP contribution is -2.70. The van der Waals surface area contributed by atoms with Crippen molar-refractivity contribution in [2.24, 2.45) is 5.92 Å². The molecule has 0 radical (unpaired) electrons. The molecule has 1 aromatic carbocycles. The molecule has 1 aliphatic heterocycles. The van der Waals surface area contributed by atoms with Crippen molar-refractivity contribution in [1.29, 1.82) is 0 Å². The van der Waals surface area contributed by atoms with Crippen molar-refractivity contribution in [3.05, 3.63) is 27.8 Å². The maximum atomic E-state index is 13.1. The van der Waals surface area contributed by atoms with Crippen LogP contribution in [-0.2, 0) is 9.59 Å². The molecular formula is C16H19IN2O2. The predicted octanol–water partition coefficient (Wildman–Crippen LogP) is 2.70. The van der Waals surface area contributed by atoms with Crippen LogP contribution in [0.4, 0.5) is 5.69 Å². The van der Waals surface area contributed by atoms with Crippen molar-refractivity contribution in [1.82, 2.24) is 5.32 Å². The average molecular weight is 398 g/mol. The van der Waals surface area contributed by atoms with E-state index in [0.29, 0.717) is 6.42 Å². The molecule has 21 heavy (non-hydrogen) atoms. The molecule has 1 heterocycles. The summed E-state index contributed by atoms with van der Waals surface area (Å²) in [6.45, 7) is 3.82. The van der Waals surface area contributed by atoms with Crippen LogP contribution in [0.15, 0.2) is 24.3 Å². The first kappa shape index (κ1) is 14.8. The Morgan fingerprint density at radius 1 is 1.33 bits per heavy atom. The summed E-state index contributed by atoms with van der Waals surface area (Å²) in [5.74, 6) is 0.266. The van der Waals surface area contributed by atoms with Crippen LogP contribution < -0.4 is 10.2 Å². The molecule has 5 heteroatoms. The summed E-state index contributed by atoms with van der Waals surface area (Å²) in [5.41, 5.74) is 0.0958. The Labute approximate surface area is 138 Å². The Morgan fingerprint density at radius 3 is 2.57 bits per heavy atom.